The van der Waals surface area contributed by atoms with Crippen LogP contribution in [0.5, 0.6) is 0 Å². The molecule has 2 nitrogen and oxygen atoms in total. The van der Waals surface area contributed by atoms with Crippen LogP contribution in [0.25, 0.3) is 0 Å². The molecule has 0 bridgehead atoms. The Bertz CT molecular complexity index is 392. The van der Waals surface area contributed by atoms with Gasteiger partial charge in [-0.15, -0.1) is 11.3 Å². The van der Waals surface area contributed by atoms with E-state index in [4.69, 9.17) is 9.47 Å². The van der Waals surface area contributed by atoms with E-state index in [0.29, 0.717) is 0 Å². The van der Waals surface area contributed by atoms with Crippen molar-refractivity contribution in [2.45, 2.75) is 33.0 Å². The van der Waals surface area contributed by atoms with Crippen LogP contribution in [-0.4, -0.2) is 0 Å². The molecule has 0 spiro atoms. The van der Waals surface area contributed by atoms with Crippen molar-refractivity contribution in [1.82, 2.24) is 0 Å². The first-order valence-electron chi connectivity index (χ1n) is 5.42. The fourth-order valence-corrected chi connectivity index (χ4v) is 2.46. The number of ether oxygens (including phenoxy) is 2. The van der Waals surface area contributed by atoms with Crippen molar-refractivity contribution in [3.63, 3.8) is 0 Å². The Kier molecular flexibility index (Phi) is 3.67. The Morgan fingerprint density at radius 1 is 1.38 bits per heavy atom. The van der Waals surface area contributed by atoms with E-state index in [9.17, 15) is 0 Å². The van der Waals surface area contributed by atoms with Crippen LogP contribution in [0.2, 0.25) is 0 Å². The van der Waals surface area contributed by atoms with Gasteiger partial charge in [0.25, 0.3) is 6.29 Å². The number of rotatable bonds is 4. The maximum atomic E-state index is 5.29. The predicted octanol–water partition coefficient (Wildman–Crippen LogP) is 4.16. The molecule has 0 amide bonds. The van der Waals surface area contributed by atoms with E-state index in [1.165, 1.54) is 11.1 Å². The third-order valence-corrected chi connectivity index (χ3v) is 3.35. The standard InChI is InChI=1S/C13H16O2S/c1-10(2)4-3-5-11-8-12(16-9-11)13-14-6-7-15-13/h4,6-9,13H,3,5H2,1-2H3. The van der Waals surface area contributed by atoms with Crippen LogP contribution in [0.15, 0.2) is 35.6 Å². The van der Waals surface area contributed by atoms with Gasteiger partial charge in [0.2, 0.25) is 0 Å². The Balaban J connectivity index is 1.89. The molecule has 0 fully saturated rings. The molecule has 0 atom stereocenters. The van der Waals surface area contributed by atoms with E-state index >= 15 is 0 Å². The lowest BCUT2D eigenvalue weighted by molar-refractivity contribution is -0.0217. The summed E-state index contributed by atoms with van der Waals surface area (Å²) in [6.07, 6.45) is 7.41. The van der Waals surface area contributed by atoms with Crippen molar-refractivity contribution in [1.29, 1.82) is 0 Å². The molecule has 16 heavy (non-hydrogen) atoms. The summed E-state index contributed by atoms with van der Waals surface area (Å²) in [6, 6.07) is 2.17. The van der Waals surface area contributed by atoms with Crippen LogP contribution in [0.4, 0.5) is 0 Å². The van der Waals surface area contributed by atoms with Crippen molar-refractivity contribution >= 4 is 11.3 Å². The molecule has 2 heterocycles. The summed E-state index contributed by atoms with van der Waals surface area (Å²) in [5.41, 5.74) is 2.73. The van der Waals surface area contributed by atoms with Crippen LogP contribution in [0, 0.1) is 0 Å². The van der Waals surface area contributed by atoms with Gasteiger partial charge in [0.15, 0.2) is 0 Å². The number of hydrogen-bond acceptors (Lipinski definition) is 3. The maximum Gasteiger partial charge on any atom is 0.275 e. The zero-order valence-electron chi connectivity index (χ0n) is 9.60. The van der Waals surface area contributed by atoms with Crippen LogP contribution in [-0.2, 0) is 15.9 Å². The van der Waals surface area contributed by atoms with Crippen LogP contribution in [0.3, 0.4) is 0 Å². The molecule has 0 saturated carbocycles. The van der Waals surface area contributed by atoms with Crippen molar-refractivity contribution in [3.05, 3.63) is 46.1 Å². The van der Waals surface area contributed by atoms with Gasteiger partial charge >= 0.3 is 0 Å². The molecule has 0 N–H and O–H groups in total. The number of allylic oxidation sites excluding steroid dienone is 2. The average molecular weight is 236 g/mol. The summed E-state index contributed by atoms with van der Waals surface area (Å²) >= 11 is 1.69. The molecule has 1 aromatic rings. The largest absolute Gasteiger partial charge is 0.454 e. The monoisotopic (exact) mass is 236 g/mol. The quantitative estimate of drug-likeness (QED) is 0.731. The van der Waals surface area contributed by atoms with E-state index in [1.807, 2.05) is 0 Å². The summed E-state index contributed by atoms with van der Waals surface area (Å²) in [7, 11) is 0. The first-order valence-corrected chi connectivity index (χ1v) is 6.30. The minimum absolute atomic E-state index is 0.220. The SMILES string of the molecule is CC(C)=CCCc1csc(C2OC=CO2)c1. The molecular formula is C13H16O2S. The van der Waals surface area contributed by atoms with E-state index in [0.717, 1.165) is 17.7 Å². The lowest BCUT2D eigenvalue weighted by atomic mass is 10.1. The number of hydrogen-bond donors (Lipinski definition) is 0. The molecule has 0 aliphatic carbocycles. The Labute approximate surface area is 100 Å². The first kappa shape index (κ1) is 11.3. The fourth-order valence-electron chi connectivity index (χ4n) is 1.55. The number of thiophene rings is 1. The van der Waals surface area contributed by atoms with Gasteiger partial charge in [0, 0.05) is 0 Å². The van der Waals surface area contributed by atoms with Crippen molar-refractivity contribution in [3.8, 4) is 0 Å². The summed E-state index contributed by atoms with van der Waals surface area (Å²) in [5, 5.41) is 2.18. The molecule has 0 aromatic carbocycles. The summed E-state index contributed by atoms with van der Waals surface area (Å²) in [4.78, 5) is 1.14. The fraction of sp³-hybridized carbons (Fsp3) is 0.385. The van der Waals surface area contributed by atoms with E-state index < -0.39 is 0 Å². The van der Waals surface area contributed by atoms with E-state index in [-0.39, 0.29) is 6.29 Å². The van der Waals surface area contributed by atoms with Gasteiger partial charge in [0.05, 0.1) is 4.88 Å². The molecular weight excluding hydrogens is 220 g/mol. The Morgan fingerprint density at radius 3 is 2.81 bits per heavy atom. The van der Waals surface area contributed by atoms with Crippen molar-refractivity contribution in [2.75, 3.05) is 0 Å². The summed E-state index contributed by atoms with van der Waals surface area (Å²) < 4.78 is 10.6. The molecule has 86 valence electrons. The highest BCUT2D eigenvalue weighted by molar-refractivity contribution is 7.10. The minimum atomic E-state index is -0.220. The minimum Gasteiger partial charge on any atom is -0.454 e. The molecule has 0 radical (unpaired) electrons. The van der Waals surface area contributed by atoms with Crippen LogP contribution >= 0.6 is 11.3 Å². The molecule has 2 rings (SSSR count). The van der Waals surface area contributed by atoms with Gasteiger partial charge in [-0.1, -0.05) is 11.6 Å². The predicted molar refractivity (Wildman–Crippen MR) is 66.1 cm³/mol. The molecule has 1 aliphatic rings. The zero-order valence-corrected chi connectivity index (χ0v) is 10.4. The lowest BCUT2D eigenvalue weighted by Crippen LogP contribution is -1.93. The highest BCUT2D eigenvalue weighted by Gasteiger charge is 2.17. The van der Waals surface area contributed by atoms with Crippen LogP contribution in [0.1, 0.15) is 37.0 Å². The van der Waals surface area contributed by atoms with Gasteiger partial charge in [-0.25, -0.2) is 0 Å². The number of aryl methyl sites for hydroxylation is 1. The van der Waals surface area contributed by atoms with Gasteiger partial charge in [-0.05, 0) is 43.7 Å². The topological polar surface area (TPSA) is 18.5 Å². The molecule has 0 saturated heterocycles. The second-order valence-corrected chi connectivity index (χ2v) is 5.00. The van der Waals surface area contributed by atoms with Crippen molar-refractivity contribution in [2.24, 2.45) is 0 Å². The van der Waals surface area contributed by atoms with Crippen molar-refractivity contribution < 1.29 is 9.47 Å². The third-order valence-electron chi connectivity index (χ3n) is 2.35. The Morgan fingerprint density at radius 2 is 2.12 bits per heavy atom. The smallest absolute Gasteiger partial charge is 0.275 e. The average Bonchev–Trinajstić information content (AvgIpc) is 2.85. The molecule has 0 unspecified atom stereocenters. The second kappa shape index (κ2) is 5.21. The summed E-state index contributed by atoms with van der Waals surface area (Å²) in [5.74, 6) is 0. The van der Waals surface area contributed by atoms with Gasteiger partial charge in [-0.3, -0.25) is 0 Å². The van der Waals surface area contributed by atoms with E-state index in [1.54, 1.807) is 23.9 Å². The summed E-state index contributed by atoms with van der Waals surface area (Å²) in [6.45, 7) is 4.26. The highest BCUT2D eigenvalue weighted by Crippen LogP contribution is 2.29. The lowest BCUT2D eigenvalue weighted by Gasteiger charge is -2.06. The Hall–Kier alpha value is -1.22. The first-order chi connectivity index (χ1) is 7.75. The zero-order chi connectivity index (χ0) is 11.4. The van der Waals surface area contributed by atoms with Crippen LogP contribution < -0.4 is 0 Å². The maximum absolute atomic E-state index is 5.29. The normalized spacial score (nSPS) is 14.6. The second-order valence-electron chi connectivity index (χ2n) is 4.05. The molecule has 1 aromatic heterocycles. The third kappa shape index (κ3) is 2.89. The van der Waals surface area contributed by atoms with Gasteiger partial charge in [0.1, 0.15) is 12.5 Å². The van der Waals surface area contributed by atoms with E-state index in [2.05, 4.69) is 31.4 Å². The highest BCUT2D eigenvalue weighted by atomic mass is 32.1. The molecule has 3 heteroatoms. The van der Waals surface area contributed by atoms with Gasteiger partial charge < -0.3 is 9.47 Å². The molecule has 1 aliphatic heterocycles. The van der Waals surface area contributed by atoms with Gasteiger partial charge in [-0.2, -0.15) is 0 Å².